The molecule has 0 fully saturated rings. The number of hydrogen-bond donors (Lipinski definition) is 1. The summed E-state index contributed by atoms with van der Waals surface area (Å²) in [4.78, 5) is 13.9. The Balaban J connectivity index is 4.44. The third kappa shape index (κ3) is 7.16. The average molecular weight is 266 g/mol. The number of rotatable bonds is 9. The Hall–Kier alpha value is -1.09. The number of amides is 1. The van der Waals surface area contributed by atoms with Gasteiger partial charge in [-0.25, -0.2) is 0 Å². The third-order valence-corrected chi connectivity index (χ3v) is 3.50. The van der Waals surface area contributed by atoms with Crippen molar-refractivity contribution >= 4 is 5.91 Å². The van der Waals surface area contributed by atoms with Crippen LogP contribution in [-0.4, -0.2) is 30.4 Å². The summed E-state index contributed by atoms with van der Waals surface area (Å²) in [5.41, 5.74) is 5.86. The van der Waals surface area contributed by atoms with Gasteiger partial charge in [-0.15, -0.1) is 13.2 Å². The van der Waals surface area contributed by atoms with Crippen molar-refractivity contribution in [3.05, 3.63) is 25.3 Å². The Labute approximate surface area is 118 Å². The van der Waals surface area contributed by atoms with E-state index >= 15 is 0 Å². The lowest BCUT2D eigenvalue weighted by atomic mass is 9.76. The zero-order valence-electron chi connectivity index (χ0n) is 12.8. The van der Waals surface area contributed by atoms with E-state index in [2.05, 4.69) is 33.9 Å². The first-order chi connectivity index (χ1) is 8.86. The molecule has 3 nitrogen and oxygen atoms in total. The van der Waals surface area contributed by atoms with Crippen molar-refractivity contribution in [2.24, 2.45) is 17.1 Å². The number of carbonyl (C=O) groups excluding carboxylic acids is 1. The molecule has 1 atom stereocenters. The molecule has 19 heavy (non-hydrogen) atoms. The predicted molar refractivity (Wildman–Crippen MR) is 82.8 cm³/mol. The molecule has 0 aromatic carbocycles. The van der Waals surface area contributed by atoms with Gasteiger partial charge in [-0.3, -0.25) is 4.79 Å². The van der Waals surface area contributed by atoms with Crippen molar-refractivity contribution in [3.8, 4) is 0 Å². The molecule has 0 spiro atoms. The number of nitrogens with two attached hydrogens (primary N) is 1. The Morgan fingerprint density at radius 2 is 1.74 bits per heavy atom. The van der Waals surface area contributed by atoms with Crippen LogP contribution in [0.4, 0.5) is 0 Å². The summed E-state index contributed by atoms with van der Waals surface area (Å²) >= 11 is 0. The second-order valence-electron chi connectivity index (χ2n) is 6.06. The van der Waals surface area contributed by atoms with Crippen molar-refractivity contribution in [1.82, 2.24) is 4.90 Å². The van der Waals surface area contributed by atoms with Gasteiger partial charge in [0.15, 0.2) is 0 Å². The minimum atomic E-state index is 0.172. The van der Waals surface area contributed by atoms with Gasteiger partial charge in [-0.1, -0.05) is 32.9 Å². The van der Waals surface area contributed by atoms with Crippen LogP contribution < -0.4 is 5.73 Å². The van der Waals surface area contributed by atoms with Gasteiger partial charge in [-0.05, 0) is 30.7 Å². The Morgan fingerprint density at radius 3 is 2.11 bits per heavy atom. The maximum atomic E-state index is 12.2. The molecule has 3 heteroatoms. The first kappa shape index (κ1) is 17.9. The number of carbonyl (C=O) groups is 1. The summed E-state index contributed by atoms with van der Waals surface area (Å²) in [6, 6.07) is 0. The Bertz CT molecular complexity index is 282. The monoisotopic (exact) mass is 266 g/mol. The van der Waals surface area contributed by atoms with Crippen LogP contribution in [0.3, 0.4) is 0 Å². The van der Waals surface area contributed by atoms with Crippen molar-refractivity contribution in [1.29, 1.82) is 0 Å². The lowest BCUT2D eigenvalue weighted by molar-refractivity contribution is -0.130. The van der Waals surface area contributed by atoms with Gasteiger partial charge >= 0.3 is 0 Å². The fourth-order valence-electron chi connectivity index (χ4n) is 2.26. The van der Waals surface area contributed by atoms with Gasteiger partial charge < -0.3 is 10.6 Å². The summed E-state index contributed by atoms with van der Waals surface area (Å²) in [6.07, 6.45) is 5.94. The zero-order valence-corrected chi connectivity index (χ0v) is 12.8. The highest BCUT2D eigenvalue weighted by Crippen LogP contribution is 2.32. The maximum Gasteiger partial charge on any atom is 0.223 e. The zero-order chi connectivity index (χ0) is 14.9. The summed E-state index contributed by atoms with van der Waals surface area (Å²) in [6.45, 7) is 15.9. The van der Waals surface area contributed by atoms with Crippen LogP contribution >= 0.6 is 0 Å². The molecule has 1 amide bonds. The lowest BCUT2D eigenvalue weighted by Crippen LogP contribution is -2.32. The summed E-state index contributed by atoms with van der Waals surface area (Å²) in [7, 11) is 0. The predicted octanol–water partition coefficient (Wildman–Crippen LogP) is 2.98. The Morgan fingerprint density at radius 1 is 1.21 bits per heavy atom. The highest BCUT2D eigenvalue weighted by Gasteiger charge is 2.25. The van der Waals surface area contributed by atoms with Gasteiger partial charge in [0.1, 0.15) is 0 Å². The van der Waals surface area contributed by atoms with E-state index in [-0.39, 0.29) is 11.3 Å². The normalized spacial score (nSPS) is 12.8. The molecule has 0 heterocycles. The van der Waals surface area contributed by atoms with E-state index in [4.69, 9.17) is 5.73 Å². The van der Waals surface area contributed by atoms with Gasteiger partial charge in [0, 0.05) is 19.5 Å². The minimum absolute atomic E-state index is 0.172. The molecule has 0 aliphatic carbocycles. The minimum Gasteiger partial charge on any atom is -0.335 e. The molecule has 0 rings (SSSR count). The second-order valence-corrected chi connectivity index (χ2v) is 6.06. The molecular formula is C16H30N2O. The molecule has 1 unspecified atom stereocenters. The van der Waals surface area contributed by atoms with E-state index in [9.17, 15) is 4.79 Å². The van der Waals surface area contributed by atoms with Crippen LogP contribution in [0, 0.1) is 11.3 Å². The van der Waals surface area contributed by atoms with E-state index in [1.165, 1.54) is 0 Å². The van der Waals surface area contributed by atoms with Crippen molar-refractivity contribution in [2.75, 3.05) is 19.6 Å². The quantitative estimate of drug-likeness (QED) is 0.652. The van der Waals surface area contributed by atoms with Crippen LogP contribution in [0.2, 0.25) is 0 Å². The van der Waals surface area contributed by atoms with Gasteiger partial charge in [0.2, 0.25) is 5.91 Å². The average Bonchev–Trinajstić information content (AvgIpc) is 2.32. The molecule has 0 bridgehead atoms. The molecule has 0 radical (unpaired) electrons. The summed E-state index contributed by atoms with van der Waals surface area (Å²) in [5.74, 6) is 0.654. The van der Waals surface area contributed by atoms with E-state index in [1.807, 2.05) is 0 Å². The molecule has 0 aromatic heterocycles. The maximum absolute atomic E-state index is 12.2. The lowest BCUT2D eigenvalue weighted by Gasteiger charge is -2.31. The van der Waals surface area contributed by atoms with Crippen LogP contribution in [0.5, 0.6) is 0 Å². The highest BCUT2D eigenvalue weighted by atomic mass is 16.2. The van der Waals surface area contributed by atoms with Crippen LogP contribution in [-0.2, 0) is 4.79 Å². The first-order valence-electron chi connectivity index (χ1n) is 7.06. The number of hydrogen-bond acceptors (Lipinski definition) is 2. The van der Waals surface area contributed by atoms with E-state index in [1.54, 1.807) is 17.1 Å². The van der Waals surface area contributed by atoms with E-state index in [0.717, 1.165) is 12.8 Å². The fraction of sp³-hybridized carbons (Fsp3) is 0.688. The topological polar surface area (TPSA) is 46.3 Å². The van der Waals surface area contributed by atoms with Crippen LogP contribution in [0.1, 0.15) is 40.0 Å². The smallest absolute Gasteiger partial charge is 0.223 e. The van der Waals surface area contributed by atoms with E-state index < -0.39 is 0 Å². The molecule has 0 saturated heterocycles. The molecule has 110 valence electrons. The van der Waals surface area contributed by atoms with Crippen molar-refractivity contribution in [3.63, 3.8) is 0 Å². The molecule has 2 N–H and O–H groups in total. The van der Waals surface area contributed by atoms with Crippen LogP contribution in [0.15, 0.2) is 25.3 Å². The standard InChI is InChI=1S/C16H30N2O/c1-6-12-18(13-7-2)15(19)9-8-14(10-11-17)16(3,4)5/h6-7,14H,1-2,8-13,17H2,3-5H3. The fourth-order valence-corrected chi connectivity index (χ4v) is 2.26. The van der Waals surface area contributed by atoms with E-state index in [0.29, 0.717) is 32.0 Å². The van der Waals surface area contributed by atoms with Crippen molar-refractivity contribution in [2.45, 2.75) is 40.0 Å². The SMILES string of the molecule is C=CCN(CC=C)C(=O)CCC(CCN)C(C)(C)C. The number of nitrogens with zero attached hydrogens (tertiary/aromatic N) is 1. The van der Waals surface area contributed by atoms with Gasteiger partial charge in [0.05, 0.1) is 0 Å². The van der Waals surface area contributed by atoms with Crippen molar-refractivity contribution < 1.29 is 4.79 Å². The second kappa shape index (κ2) is 8.92. The summed E-state index contributed by atoms with van der Waals surface area (Å²) < 4.78 is 0. The highest BCUT2D eigenvalue weighted by molar-refractivity contribution is 5.76. The molecule has 0 aliphatic rings. The molecular weight excluding hydrogens is 236 g/mol. The molecule has 0 saturated carbocycles. The molecule has 0 aromatic rings. The first-order valence-corrected chi connectivity index (χ1v) is 7.06. The van der Waals surface area contributed by atoms with Crippen LogP contribution in [0.25, 0.3) is 0 Å². The van der Waals surface area contributed by atoms with Gasteiger partial charge in [-0.2, -0.15) is 0 Å². The molecule has 0 aliphatic heterocycles. The van der Waals surface area contributed by atoms with Gasteiger partial charge in [0.25, 0.3) is 0 Å². The summed E-state index contributed by atoms with van der Waals surface area (Å²) in [5, 5.41) is 0. The Kier molecular flexibility index (Phi) is 8.41. The largest absolute Gasteiger partial charge is 0.335 e. The third-order valence-electron chi connectivity index (χ3n) is 3.50.